The number of hydrogen-bond acceptors (Lipinski definition) is 5. The third-order valence-electron chi connectivity index (χ3n) is 5.24. The topological polar surface area (TPSA) is 51.7 Å². The first kappa shape index (κ1) is 19.5. The molecule has 1 saturated heterocycles. The van der Waals surface area contributed by atoms with Gasteiger partial charge in [0, 0.05) is 36.7 Å². The van der Waals surface area contributed by atoms with Gasteiger partial charge in [-0.2, -0.15) is 0 Å². The number of piperidine rings is 1. The summed E-state index contributed by atoms with van der Waals surface area (Å²) in [6.45, 7) is 1.49. The summed E-state index contributed by atoms with van der Waals surface area (Å²) in [4.78, 5) is 19.5. The van der Waals surface area contributed by atoms with Crippen LogP contribution in [0.3, 0.4) is 0 Å². The fourth-order valence-corrected chi connectivity index (χ4v) is 4.76. The standard InChI is InChI=1S/C23H24N2O3S/c1-27-18-11-9-16(20(14-18)28-2)10-12-22(26)25-13-5-6-17(15-25)23-24-19-7-3-4-8-21(19)29-23/h3-4,7-12,14,17H,5-6,13,15H2,1-2H3/b12-10+/t17-/m0/s1. The Morgan fingerprint density at radius 3 is 2.86 bits per heavy atom. The summed E-state index contributed by atoms with van der Waals surface area (Å²) in [5, 5.41) is 1.13. The van der Waals surface area contributed by atoms with Crippen molar-refractivity contribution in [2.75, 3.05) is 27.3 Å². The molecule has 3 aromatic rings. The van der Waals surface area contributed by atoms with Gasteiger partial charge in [-0.1, -0.05) is 12.1 Å². The minimum Gasteiger partial charge on any atom is -0.497 e. The molecule has 5 nitrogen and oxygen atoms in total. The molecule has 0 N–H and O–H groups in total. The number of hydrogen-bond donors (Lipinski definition) is 0. The first-order valence-electron chi connectivity index (χ1n) is 9.72. The highest BCUT2D eigenvalue weighted by Gasteiger charge is 2.26. The van der Waals surface area contributed by atoms with E-state index in [0.29, 0.717) is 18.2 Å². The van der Waals surface area contributed by atoms with E-state index < -0.39 is 0 Å². The predicted octanol–water partition coefficient (Wildman–Crippen LogP) is 4.73. The molecule has 0 aliphatic carbocycles. The van der Waals surface area contributed by atoms with Gasteiger partial charge < -0.3 is 14.4 Å². The van der Waals surface area contributed by atoms with Crippen molar-refractivity contribution < 1.29 is 14.3 Å². The van der Waals surface area contributed by atoms with Crippen LogP contribution in [-0.4, -0.2) is 43.1 Å². The minimum absolute atomic E-state index is 0.0219. The van der Waals surface area contributed by atoms with Crippen LogP contribution in [0.15, 0.2) is 48.5 Å². The molecule has 0 spiro atoms. The molecule has 0 saturated carbocycles. The molecule has 1 amide bonds. The lowest BCUT2D eigenvalue weighted by Gasteiger charge is -2.31. The lowest BCUT2D eigenvalue weighted by Crippen LogP contribution is -2.38. The van der Waals surface area contributed by atoms with Crippen molar-refractivity contribution in [1.82, 2.24) is 9.88 Å². The molecule has 4 rings (SSSR count). The van der Waals surface area contributed by atoms with Gasteiger partial charge in [0.15, 0.2) is 0 Å². The van der Waals surface area contributed by atoms with Crippen molar-refractivity contribution in [2.24, 2.45) is 0 Å². The van der Waals surface area contributed by atoms with E-state index in [1.807, 2.05) is 47.4 Å². The van der Waals surface area contributed by atoms with E-state index in [4.69, 9.17) is 14.5 Å². The van der Waals surface area contributed by atoms with E-state index in [1.54, 1.807) is 31.6 Å². The predicted molar refractivity (Wildman–Crippen MR) is 117 cm³/mol. The van der Waals surface area contributed by atoms with Gasteiger partial charge in [0.05, 0.1) is 29.4 Å². The van der Waals surface area contributed by atoms with Gasteiger partial charge >= 0.3 is 0 Å². The highest BCUT2D eigenvalue weighted by molar-refractivity contribution is 7.18. The maximum absolute atomic E-state index is 12.8. The largest absolute Gasteiger partial charge is 0.497 e. The number of para-hydroxylation sites is 1. The minimum atomic E-state index is 0.0219. The molecular weight excluding hydrogens is 384 g/mol. The number of fused-ring (bicyclic) bond motifs is 1. The van der Waals surface area contributed by atoms with Crippen molar-refractivity contribution in [3.05, 3.63) is 59.1 Å². The molecule has 0 bridgehead atoms. The number of aromatic nitrogens is 1. The summed E-state index contributed by atoms with van der Waals surface area (Å²) < 4.78 is 11.8. The van der Waals surface area contributed by atoms with E-state index in [2.05, 4.69) is 6.07 Å². The summed E-state index contributed by atoms with van der Waals surface area (Å²) in [6, 6.07) is 13.8. The molecule has 1 aliphatic heterocycles. The zero-order chi connectivity index (χ0) is 20.2. The Hall–Kier alpha value is -2.86. The van der Waals surface area contributed by atoms with Gasteiger partial charge in [-0.3, -0.25) is 4.79 Å². The summed E-state index contributed by atoms with van der Waals surface area (Å²) in [5.41, 5.74) is 1.89. The number of benzene rings is 2. The van der Waals surface area contributed by atoms with E-state index in [-0.39, 0.29) is 5.91 Å². The second-order valence-electron chi connectivity index (χ2n) is 7.08. The molecule has 1 fully saturated rings. The fraction of sp³-hybridized carbons (Fsp3) is 0.304. The maximum atomic E-state index is 12.8. The zero-order valence-electron chi connectivity index (χ0n) is 16.6. The Morgan fingerprint density at radius 1 is 1.21 bits per heavy atom. The number of carbonyl (C=O) groups is 1. The molecule has 1 aromatic heterocycles. The molecule has 0 unspecified atom stereocenters. The van der Waals surface area contributed by atoms with Crippen LogP contribution in [0.4, 0.5) is 0 Å². The van der Waals surface area contributed by atoms with Crippen LogP contribution in [0.2, 0.25) is 0 Å². The van der Waals surface area contributed by atoms with Crippen LogP contribution in [0.1, 0.15) is 29.3 Å². The number of amides is 1. The number of nitrogens with zero attached hydrogens (tertiary/aromatic N) is 2. The summed E-state index contributed by atoms with van der Waals surface area (Å²) >= 11 is 1.74. The second-order valence-corrected chi connectivity index (χ2v) is 8.15. The van der Waals surface area contributed by atoms with Crippen molar-refractivity contribution in [3.63, 3.8) is 0 Å². The average Bonchev–Trinajstić information content (AvgIpc) is 3.22. The molecule has 29 heavy (non-hydrogen) atoms. The van der Waals surface area contributed by atoms with Crippen molar-refractivity contribution in [2.45, 2.75) is 18.8 Å². The van der Waals surface area contributed by atoms with Crippen LogP contribution in [-0.2, 0) is 4.79 Å². The van der Waals surface area contributed by atoms with E-state index in [1.165, 1.54) is 4.70 Å². The number of ether oxygens (including phenoxy) is 2. The molecule has 150 valence electrons. The molecule has 2 aromatic carbocycles. The molecule has 2 heterocycles. The smallest absolute Gasteiger partial charge is 0.246 e. The van der Waals surface area contributed by atoms with Crippen molar-refractivity contribution >= 4 is 33.5 Å². The highest BCUT2D eigenvalue weighted by Crippen LogP contribution is 2.33. The lowest BCUT2D eigenvalue weighted by molar-refractivity contribution is -0.127. The van der Waals surface area contributed by atoms with Gasteiger partial charge in [-0.25, -0.2) is 4.98 Å². The first-order valence-corrected chi connectivity index (χ1v) is 10.5. The molecule has 1 aliphatic rings. The summed E-state index contributed by atoms with van der Waals surface area (Å²) in [7, 11) is 3.23. The van der Waals surface area contributed by atoms with Crippen LogP contribution in [0.5, 0.6) is 11.5 Å². The lowest BCUT2D eigenvalue weighted by atomic mass is 9.98. The first-order chi connectivity index (χ1) is 14.2. The quantitative estimate of drug-likeness (QED) is 0.573. The normalized spacial score (nSPS) is 17.0. The Bertz CT molecular complexity index is 1010. The molecule has 6 heteroatoms. The second kappa shape index (κ2) is 8.66. The zero-order valence-corrected chi connectivity index (χ0v) is 17.4. The van der Waals surface area contributed by atoms with Gasteiger partial charge in [-0.05, 0) is 43.2 Å². The van der Waals surface area contributed by atoms with Gasteiger partial charge in [0.2, 0.25) is 5.91 Å². The summed E-state index contributed by atoms with van der Waals surface area (Å²) in [6.07, 6.45) is 5.50. The highest BCUT2D eigenvalue weighted by atomic mass is 32.1. The van der Waals surface area contributed by atoms with Crippen molar-refractivity contribution in [3.8, 4) is 11.5 Å². The number of rotatable bonds is 5. The summed E-state index contributed by atoms with van der Waals surface area (Å²) in [5.74, 6) is 1.72. The Kier molecular flexibility index (Phi) is 5.81. The molecule has 0 radical (unpaired) electrons. The fourth-order valence-electron chi connectivity index (χ4n) is 3.67. The van der Waals surface area contributed by atoms with Crippen LogP contribution >= 0.6 is 11.3 Å². The number of carbonyl (C=O) groups excluding carboxylic acids is 1. The van der Waals surface area contributed by atoms with E-state index >= 15 is 0 Å². The van der Waals surface area contributed by atoms with E-state index in [9.17, 15) is 4.79 Å². The number of likely N-dealkylation sites (tertiary alicyclic amines) is 1. The SMILES string of the molecule is COc1ccc(/C=C/C(=O)N2CCC[C@H](c3nc4ccccc4s3)C2)c(OC)c1. The monoisotopic (exact) mass is 408 g/mol. The third-order valence-corrected chi connectivity index (χ3v) is 6.44. The van der Waals surface area contributed by atoms with Gasteiger partial charge in [0.25, 0.3) is 0 Å². The van der Waals surface area contributed by atoms with Crippen LogP contribution in [0.25, 0.3) is 16.3 Å². The Labute approximate surface area is 174 Å². The average molecular weight is 409 g/mol. The number of thiazole rings is 1. The van der Waals surface area contributed by atoms with Gasteiger partial charge in [0.1, 0.15) is 11.5 Å². The van der Waals surface area contributed by atoms with Crippen LogP contribution in [0, 0.1) is 0 Å². The van der Waals surface area contributed by atoms with E-state index in [0.717, 1.165) is 41.2 Å². The number of methoxy groups -OCH3 is 2. The van der Waals surface area contributed by atoms with Crippen LogP contribution < -0.4 is 9.47 Å². The Balaban J connectivity index is 1.47. The third kappa shape index (κ3) is 4.27. The molecular formula is C23H24N2O3S. The molecule has 1 atom stereocenters. The van der Waals surface area contributed by atoms with Crippen molar-refractivity contribution in [1.29, 1.82) is 0 Å². The van der Waals surface area contributed by atoms with Gasteiger partial charge in [-0.15, -0.1) is 11.3 Å². The Morgan fingerprint density at radius 2 is 2.07 bits per heavy atom. The maximum Gasteiger partial charge on any atom is 0.246 e.